The van der Waals surface area contributed by atoms with Gasteiger partial charge in [0.1, 0.15) is 17.3 Å². The number of ether oxygens (including phenoxy) is 1. The molecule has 0 amide bonds. The molecule has 13 rings (SSSR count). The van der Waals surface area contributed by atoms with Crippen LogP contribution < -0.4 is 9.30 Å². The van der Waals surface area contributed by atoms with Crippen molar-refractivity contribution in [2.75, 3.05) is 0 Å². The van der Waals surface area contributed by atoms with Crippen LogP contribution in [0.15, 0.2) is 237 Å². The highest BCUT2D eigenvalue weighted by Gasteiger charge is 2.31. The van der Waals surface area contributed by atoms with Crippen molar-refractivity contribution in [3.05, 3.63) is 249 Å². The topological polar surface area (TPSA) is 35.9 Å². The highest BCUT2D eigenvalue weighted by atomic mass is 16.5. The minimum absolute atomic E-state index is 0.0326. The van der Waals surface area contributed by atoms with Gasteiger partial charge in [0.2, 0.25) is 0 Å². The van der Waals surface area contributed by atoms with E-state index in [1.807, 2.05) is 12.3 Å². The van der Waals surface area contributed by atoms with E-state index in [9.17, 15) is 0 Å². The largest absolute Gasteiger partial charge is 0.458 e. The van der Waals surface area contributed by atoms with Crippen LogP contribution in [0.5, 0.6) is 11.5 Å². The Hall–Kier alpha value is -9.06. The van der Waals surface area contributed by atoms with Crippen LogP contribution >= 0.6 is 0 Å². The van der Waals surface area contributed by atoms with Gasteiger partial charge in [0.15, 0.2) is 0 Å². The molecule has 0 radical (unpaired) electrons. The summed E-state index contributed by atoms with van der Waals surface area (Å²) >= 11 is 0. The quantitative estimate of drug-likeness (QED) is 0.118. The summed E-state index contributed by atoms with van der Waals surface area (Å²) in [6.07, 6.45) is 5.97. The molecule has 0 unspecified atom stereocenters. The Morgan fingerprint density at radius 2 is 0.986 bits per heavy atom. The smallest absolute Gasteiger partial charge is 0.269 e. The second kappa shape index (κ2) is 16.9. The van der Waals surface area contributed by atoms with E-state index in [0.29, 0.717) is 5.75 Å². The van der Waals surface area contributed by atoms with Crippen molar-refractivity contribution in [1.29, 1.82) is 0 Å². The average molecular weight is 913 g/mol. The summed E-state index contributed by atoms with van der Waals surface area (Å²) in [7, 11) is 0. The molecule has 0 saturated carbocycles. The summed E-state index contributed by atoms with van der Waals surface area (Å²) in [6, 6.07) is 82.2. The van der Waals surface area contributed by atoms with E-state index in [2.05, 4.69) is 265 Å². The zero-order chi connectivity index (χ0) is 47.6. The number of rotatable bonds is 7. The van der Waals surface area contributed by atoms with Gasteiger partial charge >= 0.3 is 0 Å². The molecule has 0 aliphatic heterocycles. The minimum atomic E-state index is -0.0326. The molecule has 5 nitrogen and oxygen atoms in total. The molecule has 0 N–H and O–H groups in total. The maximum absolute atomic E-state index is 6.95. The number of hydrogen-bond acceptors (Lipinski definition) is 2. The van der Waals surface area contributed by atoms with Crippen molar-refractivity contribution >= 4 is 21.8 Å². The van der Waals surface area contributed by atoms with Gasteiger partial charge in [-0.1, -0.05) is 197 Å². The number of aromatic nitrogens is 4. The van der Waals surface area contributed by atoms with Gasteiger partial charge in [0.05, 0.1) is 33.8 Å². The molecule has 0 bridgehead atoms. The summed E-state index contributed by atoms with van der Waals surface area (Å²) in [4.78, 5) is 4.93. The summed E-state index contributed by atoms with van der Waals surface area (Å²) in [5.74, 6) is 2.32. The molecule has 1 aliphatic rings. The van der Waals surface area contributed by atoms with E-state index in [-0.39, 0.29) is 5.41 Å². The number of nitrogens with zero attached hydrogens (tertiary/aromatic N) is 4. The van der Waals surface area contributed by atoms with Gasteiger partial charge in [-0.2, -0.15) is 0 Å². The predicted octanol–water partition coefficient (Wildman–Crippen LogP) is 16.5. The van der Waals surface area contributed by atoms with Gasteiger partial charge in [-0.25, -0.2) is 4.98 Å². The SMILES string of the molecule is CC(C)(C)c1ccnc(-n2c3ccccc3c3ccc(Oc4cccc(-n5[c-][n+](-c6c(-c7ccccc7)cccc6-c6ccccc6)c6c5-c5ccccc5-c5ccccc5-c5ccccc5-6)c4)cc32)c1. The molecule has 0 fully saturated rings. The lowest BCUT2D eigenvalue weighted by Crippen LogP contribution is -2.33. The number of fused-ring (bicyclic) bond motifs is 11. The second-order valence-corrected chi connectivity index (χ2v) is 19.3. The second-order valence-electron chi connectivity index (χ2n) is 19.3. The van der Waals surface area contributed by atoms with E-state index in [4.69, 9.17) is 9.72 Å². The molecule has 3 heterocycles. The first-order valence-corrected chi connectivity index (χ1v) is 24.3. The Morgan fingerprint density at radius 3 is 1.66 bits per heavy atom. The lowest BCUT2D eigenvalue weighted by atomic mass is 9.84. The zero-order valence-corrected chi connectivity index (χ0v) is 39.7. The summed E-state index contributed by atoms with van der Waals surface area (Å²) in [6.45, 7) is 6.72. The van der Waals surface area contributed by atoms with Crippen molar-refractivity contribution in [1.82, 2.24) is 14.1 Å². The highest BCUT2D eigenvalue weighted by molar-refractivity contribution is 6.09. The molecule has 71 heavy (non-hydrogen) atoms. The summed E-state index contributed by atoms with van der Waals surface area (Å²) in [5, 5.41) is 2.31. The highest BCUT2D eigenvalue weighted by Crippen LogP contribution is 2.49. The van der Waals surface area contributed by atoms with Crippen LogP contribution in [0.3, 0.4) is 0 Å². The van der Waals surface area contributed by atoms with Crippen LogP contribution in [0.2, 0.25) is 0 Å². The number of para-hydroxylation sites is 2. The van der Waals surface area contributed by atoms with E-state index < -0.39 is 0 Å². The van der Waals surface area contributed by atoms with Crippen molar-refractivity contribution in [2.45, 2.75) is 26.2 Å². The maximum Gasteiger partial charge on any atom is 0.269 e. The molecule has 0 atom stereocenters. The lowest BCUT2D eigenvalue weighted by molar-refractivity contribution is -0.586. The van der Waals surface area contributed by atoms with E-state index in [1.54, 1.807) is 0 Å². The van der Waals surface area contributed by atoms with Gasteiger partial charge in [0.25, 0.3) is 6.33 Å². The van der Waals surface area contributed by atoms with Crippen LogP contribution in [0.25, 0.3) is 106 Å². The molecular weight excluding hydrogens is 865 g/mol. The van der Waals surface area contributed by atoms with Crippen molar-refractivity contribution in [2.24, 2.45) is 0 Å². The van der Waals surface area contributed by atoms with Gasteiger partial charge in [0, 0.05) is 23.0 Å². The maximum atomic E-state index is 6.95. The fraction of sp³-hybridized carbons (Fsp3) is 0.0606. The molecule has 338 valence electrons. The van der Waals surface area contributed by atoms with Crippen LogP contribution in [0.1, 0.15) is 26.3 Å². The first-order chi connectivity index (χ1) is 34.9. The Morgan fingerprint density at radius 1 is 0.451 bits per heavy atom. The van der Waals surface area contributed by atoms with Crippen LogP contribution in [0.4, 0.5) is 0 Å². The Kier molecular flexibility index (Phi) is 9.99. The Bertz CT molecular complexity index is 3950. The number of benzene rings is 9. The molecule has 1 aliphatic carbocycles. The third kappa shape index (κ3) is 7.16. The standard InChI is InChI=1S/C66H48N4O/c1-66(2,3)46-38-39-67-62(40-46)70-60-35-17-16-30-56(60)57-37-36-49(42-61(57)70)71-48-25-18-24-47(41-48)68-43-69(63-50(44-20-6-4-7-21-44)33-19-34-51(63)45-22-8-5-9-23-45)65-59-32-15-13-29-55(59)53-27-11-10-26-52(53)54-28-12-14-31-58(54)64(65)68/h4-42H,1-3H3. The third-order valence-electron chi connectivity index (χ3n) is 14.0. The van der Waals surface area contributed by atoms with Crippen molar-refractivity contribution in [3.63, 3.8) is 0 Å². The molecule has 0 spiro atoms. The molecular formula is C66H48N4O. The van der Waals surface area contributed by atoms with Gasteiger partial charge < -0.3 is 4.74 Å². The molecule has 12 aromatic rings. The van der Waals surface area contributed by atoms with Gasteiger partial charge in [-0.15, -0.1) is 0 Å². The summed E-state index contributed by atoms with van der Waals surface area (Å²) < 4.78 is 13.8. The van der Waals surface area contributed by atoms with Gasteiger partial charge in [-0.05, 0) is 115 Å². The minimum Gasteiger partial charge on any atom is -0.458 e. The lowest BCUT2D eigenvalue weighted by Gasteiger charge is -2.24. The molecule has 5 heteroatoms. The van der Waals surface area contributed by atoms with Crippen LogP contribution in [-0.2, 0) is 5.41 Å². The van der Waals surface area contributed by atoms with Crippen LogP contribution in [-0.4, -0.2) is 14.1 Å². The normalized spacial score (nSPS) is 11.9. The molecule has 9 aromatic carbocycles. The average Bonchev–Trinajstić information content (AvgIpc) is 3.97. The van der Waals surface area contributed by atoms with E-state index in [0.717, 1.165) is 95.3 Å². The Labute approximate surface area is 413 Å². The van der Waals surface area contributed by atoms with E-state index in [1.165, 1.54) is 22.1 Å². The van der Waals surface area contributed by atoms with Crippen molar-refractivity contribution in [3.8, 4) is 95.7 Å². The fourth-order valence-corrected chi connectivity index (χ4v) is 10.6. The monoisotopic (exact) mass is 912 g/mol. The van der Waals surface area contributed by atoms with E-state index >= 15 is 0 Å². The van der Waals surface area contributed by atoms with Crippen molar-refractivity contribution < 1.29 is 9.30 Å². The fourth-order valence-electron chi connectivity index (χ4n) is 10.6. The summed E-state index contributed by atoms with van der Waals surface area (Å²) in [5.41, 5.74) is 18.7. The molecule has 3 aromatic heterocycles. The van der Waals surface area contributed by atoms with Gasteiger partial charge in [-0.3, -0.25) is 13.7 Å². The first kappa shape index (κ1) is 42.1. The number of pyridine rings is 1. The number of imidazole rings is 1. The first-order valence-electron chi connectivity index (χ1n) is 24.3. The third-order valence-corrected chi connectivity index (χ3v) is 14.0. The number of hydrogen-bond donors (Lipinski definition) is 0. The molecule has 0 saturated heterocycles. The predicted molar refractivity (Wildman–Crippen MR) is 290 cm³/mol. The van der Waals surface area contributed by atoms with Crippen LogP contribution in [0, 0.1) is 6.33 Å². The zero-order valence-electron chi connectivity index (χ0n) is 39.7. The Balaban J connectivity index is 1.05.